The van der Waals surface area contributed by atoms with Crippen molar-refractivity contribution in [3.05, 3.63) is 0 Å². The topological polar surface area (TPSA) is 75.2 Å². The lowest BCUT2D eigenvalue weighted by atomic mass is 9.95. The van der Waals surface area contributed by atoms with Gasteiger partial charge in [-0.3, -0.25) is 4.79 Å². The van der Waals surface area contributed by atoms with Crippen molar-refractivity contribution in [2.45, 2.75) is 57.7 Å². The number of ether oxygens (including phenoxy) is 2. The minimum absolute atomic E-state index is 0. The molecule has 7 nitrogen and oxygen atoms in total. The van der Waals surface area contributed by atoms with Gasteiger partial charge in [-0.05, 0) is 31.6 Å². The molecule has 152 valence electrons. The van der Waals surface area contributed by atoms with Crippen molar-refractivity contribution in [3.63, 3.8) is 0 Å². The summed E-state index contributed by atoms with van der Waals surface area (Å²) in [7, 11) is 3.51. The van der Waals surface area contributed by atoms with Crippen LogP contribution in [0.5, 0.6) is 0 Å². The zero-order valence-corrected chi connectivity index (χ0v) is 18.8. The highest BCUT2D eigenvalue weighted by molar-refractivity contribution is 14.0. The van der Waals surface area contributed by atoms with Gasteiger partial charge in [-0.15, -0.1) is 24.0 Å². The lowest BCUT2D eigenvalue weighted by molar-refractivity contribution is -0.127. The molecule has 0 bridgehead atoms. The summed E-state index contributed by atoms with van der Waals surface area (Å²) in [5.41, 5.74) is 0. The molecule has 2 heterocycles. The molecule has 0 spiro atoms. The highest BCUT2D eigenvalue weighted by atomic mass is 127. The molecule has 2 aliphatic rings. The number of carbonyl (C=O) groups is 1. The van der Waals surface area contributed by atoms with Crippen molar-refractivity contribution >= 4 is 35.8 Å². The van der Waals surface area contributed by atoms with Crippen molar-refractivity contribution < 1.29 is 14.3 Å². The van der Waals surface area contributed by atoms with E-state index in [0.29, 0.717) is 18.0 Å². The molecule has 1 amide bonds. The number of nitrogens with zero attached hydrogens (tertiary/aromatic N) is 2. The molecule has 2 rings (SSSR count). The van der Waals surface area contributed by atoms with Crippen LogP contribution in [-0.4, -0.2) is 75.4 Å². The Bertz CT molecular complexity index is 454. The molecule has 26 heavy (non-hydrogen) atoms. The Morgan fingerprint density at radius 1 is 1.12 bits per heavy atom. The van der Waals surface area contributed by atoms with Gasteiger partial charge in [0.15, 0.2) is 5.96 Å². The first-order valence-electron chi connectivity index (χ1n) is 9.42. The van der Waals surface area contributed by atoms with E-state index in [4.69, 9.17) is 9.47 Å². The van der Waals surface area contributed by atoms with Gasteiger partial charge >= 0.3 is 0 Å². The summed E-state index contributed by atoms with van der Waals surface area (Å²) in [5.74, 6) is 1.24. The number of hydrogen-bond acceptors (Lipinski definition) is 4. The van der Waals surface area contributed by atoms with Crippen LogP contribution in [0.25, 0.3) is 0 Å². The van der Waals surface area contributed by atoms with Crippen LogP contribution in [-0.2, 0) is 14.3 Å². The number of rotatable bonds is 5. The van der Waals surface area contributed by atoms with Gasteiger partial charge in [0, 0.05) is 46.0 Å². The summed E-state index contributed by atoms with van der Waals surface area (Å²) in [5, 5.41) is 7.02. The maximum Gasteiger partial charge on any atom is 0.243 e. The van der Waals surface area contributed by atoms with Crippen molar-refractivity contribution in [3.8, 4) is 0 Å². The molecule has 2 N–H and O–H groups in total. The largest absolute Gasteiger partial charge is 0.381 e. The SMILES string of the molecule is CC(C)C1CC(NC(=NCC(=O)N(C)C)NC2CCOCC2)CCO1.I. The molecule has 2 unspecified atom stereocenters. The van der Waals surface area contributed by atoms with Gasteiger partial charge in [-0.1, -0.05) is 13.8 Å². The zero-order chi connectivity index (χ0) is 18.2. The van der Waals surface area contributed by atoms with E-state index in [2.05, 4.69) is 29.5 Å². The van der Waals surface area contributed by atoms with Gasteiger partial charge in [0.05, 0.1) is 6.10 Å². The molecule has 0 aromatic rings. The van der Waals surface area contributed by atoms with Crippen LogP contribution < -0.4 is 10.6 Å². The Balaban J connectivity index is 0.00000338. The second-order valence-corrected chi connectivity index (χ2v) is 7.50. The molecule has 2 fully saturated rings. The molecule has 0 aromatic heterocycles. The van der Waals surface area contributed by atoms with E-state index < -0.39 is 0 Å². The number of amides is 1. The first-order valence-corrected chi connectivity index (χ1v) is 9.42. The van der Waals surface area contributed by atoms with Crippen LogP contribution in [0.15, 0.2) is 4.99 Å². The monoisotopic (exact) mass is 482 g/mol. The molecular weight excluding hydrogens is 447 g/mol. The average molecular weight is 482 g/mol. The number of hydrogen-bond donors (Lipinski definition) is 2. The predicted octanol–water partition coefficient (Wildman–Crippen LogP) is 1.61. The third kappa shape index (κ3) is 7.96. The fourth-order valence-corrected chi connectivity index (χ4v) is 3.07. The van der Waals surface area contributed by atoms with Crippen molar-refractivity contribution in [1.82, 2.24) is 15.5 Å². The second kappa shape index (κ2) is 12.0. The van der Waals surface area contributed by atoms with Gasteiger partial charge in [0.25, 0.3) is 0 Å². The van der Waals surface area contributed by atoms with Crippen LogP contribution in [0.1, 0.15) is 39.5 Å². The van der Waals surface area contributed by atoms with Crippen LogP contribution >= 0.6 is 24.0 Å². The third-order valence-corrected chi connectivity index (χ3v) is 4.83. The van der Waals surface area contributed by atoms with Gasteiger partial charge in [0.1, 0.15) is 6.54 Å². The Kier molecular flexibility index (Phi) is 10.8. The van der Waals surface area contributed by atoms with Crippen molar-refractivity contribution in [1.29, 1.82) is 0 Å². The number of carbonyl (C=O) groups excluding carboxylic acids is 1. The predicted molar refractivity (Wildman–Crippen MR) is 114 cm³/mol. The van der Waals surface area contributed by atoms with E-state index >= 15 is 0 Å². The summed E-state index contributed by atoms with van der Waals surface area (Å²) >= 11 is 0. The number of aliphatic imine (C=N–C) groups is 1. The Morgan fingerprint density at radius 3 is 2.35 bits per heavy atom. The number of likely N-dealkylation sites (N-methyl/N-ethyl adjacent to an activating group) is 1. The van der Waals surface area contributed by atoms with E-state index in [-0.39, 0.29) is 42.5 Å². The minimum Gasteiger partial charge on any atom is -0.381 e. The van der Waals surface area contributed by atoms with Crippen molar-refractivity contribution in [2.75, 3.05) is 40.5 Å². The lowest BCUT2D eigenvalue weighted by Gasteiger charge is -2.34. The zero-order valence-electron chi connectivity index (χ0n) is 16.5. The van der Waals surface area contributed by atoms with Gasteiger partial charge in [0.2, 0.25) is 5.91 Å². The first-order chi connectivity index (χ1) is 12.0. The summed E-state index contributed by atoms with van der Waals surface area (Å²) < 4.78 is 11.3. The molecule has 0 saturated carbocycles. The van der Waals surface area contributed by atoms with E-state index in [1.807, 2.05) is 0 Å². The number of nitrogens with one attached hydrogen (secondary N) is 2. The molecule has 8 heteroatoms. The third-order valence-electron chi connectivity index (χ3n) is 4.83. The van der Waals surface area contributed by atoms with E-state index in [0.717, 1.165) is 51.5 Å². The molecule has 2 aliphatic heterocycles. The van der Waals surface area contributed by atoms with Crippen LogP contribution in [0, 0.1) is 5.92 Å². The van der Waals surface area contributed by atoms with Crippen LogP contribution in [0.3, 0.4) is 0 Å². The fraction of sp³-hybridized carbons (Fsp3) is 0.889. The van der Waals surface area contributed by atoms with E-state index in [1.165, 1.54) is 0 Å². The number of halogens is 1. The van der Waals surface area contributed by atoms with E-state index in [9.17, 15) is 4.79 Å². The normalized spacial score (nSPS) is 24.7. The molecular formula is C18H35IN4O3. The minimum atomic E-state index is 0. The smallest absolute Gasteiger partial charge is 0.243 e. The summed E-state index contributed by atoms with van der Waals surface area (Å²) in [6.07, 6.45) is 4.13. The Hall–Kier alpha value is -0.610. The summed E-state index contributed by atoms with van der Waals surface area (Å²) in [6, 6.07) is 0.664. The second-order valence-electron chi connectivity index (χ2n) is 7.50. The maximum atomic E-state index is 11.9. The van der Waals surface area contributed by atoms with Gasteiger partial charge in [-0.2, -0.15) is 0 Å². The quantitative estimate of drug-likeness (QED) is 0.354. The fourth-order valence-electron chi connectivity index (χ4n) is 3.07. The summed E-state index contributed by atoms with van der Waals surface area (Å²) in [4.78, 5) is 18.0. The highest BCUT2D eigenvalue weighted by Gasteiger charge is 2.26. The van der Waals surface area contributed by atoms with Gasteiger partial charge < -0.3 is 25.0 Å². The Labute approximate surface area is 174 Å². The number of guanidine groups is 1. The lowest BCUT2D eigenvalue weighted by Crippen LogP contribution is -2.51. The first kappa shape index (κ1) is 23.4. The maximum absolute atomic E-state index is 11.9. The van der Waals surface area contributed by atoms with Crippen molar-refractivity contribution in [2.24, 2.45) is 10.9 Å². The molecule has 0 aliphatic carbocycles. The molecule has 2 atom stereocenters. The van der Waals surface area contributed by atoms with Crippen LogP contribution in [0.2, 0.25) is 0 Å². The molecule has 2 saturated heterocycles. The van der Waals surface area contributed by atoms with Crippen LogP contribution in [0.4, 0.5) is 0 Å². The Morgan fingerprint density at radius 2 is 1.73 bits per heavy atom. The van der Waals surface area contributed by atoms with E-state index in [1.54, 1.807) is 19.0 Å². The molecule has 0 aromatic carbocycles. The molecule has 0 radical (unpaired) electrons. The average Bonchev–Trinajstić information content (AvgIpc) is 2.60. The summed E-state index contributed by atoms with van der Waals surface area (Å²) in [6.45, 7) is 6.85. The van der Waals surface area contributed by atoms with Gasteiger partial charge in [-0.25, -0.2) is 4.99 Å². The highest BCUT2D eigenvalue weighted by Crippen LogP contribution is 2.20. The standard InChI is InChI=1S/C18H34N4O3.HI/c1-13(2)16-11-15(7-10-25-16)21-18(19-12-17(23)22(3)4)20-14-5-8-24-9-6-14;/h13-16H,5-12H2,1-4H3,(H2,19,20,21);1H.